The van der Waals surface area contributed by atoms with E-state index in [1.54, 1.807) is 12.7 Å². The van der Waals surface area contributed by atoms with Gasteiger partial charge in [0.2, 0.25) is 0 Å². The van der Waals surface area contributed by atoms with E-state index < -0.39 is 0 Å². The SMILES string of the molecule is ClCc1cccc(-n2cnnc2)c1. The average Bonchev–Trinajstić information content (AvgIpc) is 2.71. The number of hydrogen-bond donors (Lipinski definition) is 0. The molecule has 0 bridgehead atoms. The van der Waals surface area contributed by atoms with E-state index in [0.717, 1.165) is 11.3 Å². The van der Waals surface area contributed by atoms with Crippen molar-refractivity contribution in [1.29, 1.82) is 0 Å². The smallest absolute Gasteiger partial charge is 0.123 e. The molecule has 4 heteroatoms. The van der Waals surface area contributed by atoms with E-state index in [-0.39, 0.29) is 0 Å². The van der Waals surface area contributed by atoms with Gasteiger partial charge in [0.15, 0.2) is 0 Å². The van der Waals surface area contributed by atoms with Crippen molar-refractivity contribution in [3.8, 4) is 5.69 Å². The Kier molecular flexibility index (Phi) is 2.27. The van der Waals surface area contributed by atoms with Crippen LogP contribution in [-0.2, 0) is 5.88 Å². The summed E-state index contributed by atoms with van der Waals surface area (Å²) >= 11 is 5.72. The number of aromatic nitrogens is 3. The van der Waals surface area contributed by atoms with Gasteiger partial charge in [0.25, 0.3) is 0 Å². The largest absolute Gasteiger partial charge is 0.288 e. The van der Waals surface area contributed by atoms with Gasteiger partial charge in [-0.3, -0.25) is 4.57 Å². The molecule has 3 nitrogen and oxygen atoms in total. The minimum absolute atomic E-state index is 0.524. The van der Waals surface area contributed by atoms with Crippen LogP contribution in [0.4, 0.5) is 0 Å². The highest BCUT2D eigenvalue weighted by molar-refractivity contribution is 6.17. The summed E-state index contributed by atoms with van der Waals surface area (Å²) < 4.78 is 1.84. The summed E-state index contributed by atoms with van der Waals surface area (Å²) in [6, 6.07) is 7.95. The molecule has 13 heavy (non-hydrogen) atoms. The molecule has 0 saturated heterocycles. The first-order valence-corrected chi connectivity index (χ1v) is 4.43. The molecule has 0 spiro atoms. The van der Waals surface area contributed by atoms with Crippen molar-refractivity contribution >= 4 is 11.6 Å². The molecule has 0 N–H and O–H groups in total. The lowest BCUT2D eigenvalue weighted by Gasteiger charge is -2.01. The van der Waals surface area contributed by atoms with Gasteiger partial charge in [0, 0.05) is 11.6 Å². The van der Waals surface area contributed by atoms with Crippen molar-refractivity contribution in [2.24, 2.45) is 0 Å². The molecule has 0 radical (unpaired) electrons. The van der Waals surface area contributed by atoms with E-state index in [2.05, 4.69) is 10.2 Å². The predicted octanol–water partition coefficient (Wildman–Crippen LogP) is 2.01. The summed E-state index contributed by atoms with van der Waals surface area (Å²) in [4.78, 5) is 0. The molecule has 0 aliphatic rings. The summed E-state index contributed by atoms with van der Waals surface area (Å²) in [6.07, 6.45) is 3.32. The Morgan fingerprint density at radius 1 is 1.23 bits per heavy atom. The standard InChI is InChI=1S/C9H8ClN3/c10-5-8-2-1-3-9(4-8)13-6-11-12-7-13/h1-4,6-7H,5H2. The fourth-order valence-electron chi connectivity index (χ4n) is 1.13. The number of benzene rings is 1. The number of rotatable bonds is 2. The maximum Gasteiger partial charge on any atom is 0.123 e. The second-order valence-electron chi connectivity index (χ2n) is 2.67. The van der Waals surface area contributed by atoms with Crippen LogP contribution in [0.25, 0.3) is 5.69 Å². The Morgan fingerprint density at radius 3 is 2.69 bits per heavy atom. The maximum atomic E-state index is 5.72. The second-order valence-corrected chi connectivity index (χ2v) is 2.94. The topological polar surface area (TPSA) is 30.7 Å². The Bertz CT molecular complexity index is 384. The van der Waals surface area contributed by atoms with E-state index >= 15 is 0 Å². The van der Waals surface area contributed by atoms with Crippen molar-refractivity contribution in [3.05, 3.63) is 42.5 Å². The Labute approximate surface area is 81.0 Å². The van der Waals surface area contributed by atoms with Crippen molar-refractivity contribution < 1.29 is 0 Å². The monoisotopic (exact) mass is 193 g/mol. The molecular weight excluding hydrogens is 186 g/mol. The molecule has 1 heterocycles. The molecule has 2 aromatic rings. The summed E-state index contributed by atoms with van der Waals surface area (Å²) in [5.41, 5.74) is 2.12. The van der Waals surface area contributed by atoms with Crippen LogP contribution in [0.3, 0.4) is 0 Å². The number of hydrogen-bond acceptors (Lipinski definition) is 2. The first-order valence-electron chi connectivity index (χ1n) is 3.90. The molecular formula is C9H8ClN3. The summed E-state index contributed by atoms with van der Waals surface area (Å²) in [7, 11) is 0. The molecule has 2 rings (SSSR count). The van der Waals surface area contributed by atoms with Crippen LogP contribution in [-0.4, -0.2) is 14.8 Å². The minimum atomic E-state index is 0.524. The van der Waals surface area contributed by atoms with Gasteiger partial charge in [-0.05, 0) is 17.7 Å². The molecule has 0 saturated carbocycles. The Hall–Kier alpha value is -1.35. The summed E-state index contributed by atoms with van der Waals surface area (Å²) in [5.74, 6) is 0.524. The molecule has 0 atom stereocenters. The van der Waals surface area contributed by atoms with Crippen LogP contribution < -0.4 is 0 Å². The lowest BCUT2D eigenvalue weighted by atomic mass is 10.2. The van der Waals surface area contributed by atoms with E-state index in [1.807, 2.05) is 28.8 Å². The van der Waals surface area contributed by atoms with Crippen molar-refractivity contribution in [2.45, 2.75) is 5.88 Å². The van der Waals surface area contributed by atoms with Gasteiger partial charge in [-0.2, -0.15) is 0 Å². The minimum Gasteiger partial charge on any atom is -0.288 e. The molecule has 0 aliphatic heterocycles. The highest BCUT2D eigenvalue weighted by Crippen LogP contribution is 2.10. The third-order valence-electron chi connectivity index (χ3n) is 1.78. The van der Waals surface area contributed by atoms with Gasteiger partial charge < -0.3 is 0 Å². The van der Waals surface area contributed by atoms with Crippen LogP contribution in [0.2, 0.25) is 0 Å². The van der Waals surface area contributed by atoms with Crippen LogP contribution in [0.15, 0.2) is 36.9 Å². The highest BCUT2D eigenvalue weighted by Gasteiger charge is 1.96. The van der Waals surface area contributed by atoms with E-state index in [9.17, 15) is 0 Å². The van der Waals surface area contributed by atoms with Gasteiger partial charge >= 0.3 is 0 Å². The highest BCUT2D eigenvalue weighted by atomic mass is 35.5. The zero-order valence-corrected chi connectivity index (χ0v) is 7.65. The van der Waals surface area contributed by atoms with Crippen LogP contribution in [0.5, 0.6) is 0 Å². The lowest BCUT2D eigenvalue weighted by Crippen LogP contribution is -1.90. The quantitative estimate of drug-likeness (QED) is 0.684. The molecule has 1 aromatic heterocycles. The first-order chi connectivity index (χ1) is 6.40. The van der Waals surface area contributed by atoms with Crippen molar-refractivity contribution in [3.63, 3.8) is 0 Å². The molecule has 0 aliphatic carbocycles. The fraction of sp³-hybridized carbons (Fsp3) is 0.111. The first kappa shape index (κ1) is 8.26. The van der Waals surface area contributed by atoms with Gasteiger partial charge in [-0.25, -0.2) is 0 Å². The molecule has 66 valence electrons. The summed E-state index contributed by atoms with van der Waals surface area (Å²) in [5, 5.41) is 7.47. The lowest BCUT2D eigenvalue weighted by molar-refractivity contribution is 1.05. The van der Waals surface area contributed by atoms with E-state index in [1.165, 1.54) is 0 Å². The number of halogens is 1. The van der Waals surface area contributed by atoms with Crippen LogP contribution in [0.1, 0.15) is 5.56 Å². The fourth-order valence-corrected chi connectivity index (χ4v) is 1.30. The number of alkyl halides is 1. The van der Waals surface area contributed by atoms with Crippen molar-refractivity contribution in [2.75, 3.05) is 0 Å². The average molecular weight is 194 g/mol. The van der Waals surface area contributed by atoms with Gasteiger partial charge in [0.1, 0.15) is 12.7 Å². The molecule has 0 fully saturated rings. The second kappa shape index (κ2) is 3.58. The Balaban J connectivity index is 2.41. The third-order valence-corrected chi connectivity index (χ3v) is 2.09. The third kappa shape index (κ3) is 1.70. The molecule has 0 amide bonds. The Morgan fingerprint density at radius 2 is 2.00 bits per heavy atom. The normalized spacial score (nSPS) is 10.2. The van der Waals surface area contributed by atoms with E-state index in [4.69, 9.17) is 11.6 Å². The zero-order chi connectivity index (χ0) is 9.10. The van der Waals surface area contributed by atoms with Crippen LogP contribution >= 0.6 is 11.6 Å². The van der Waals surface area contributed by atoms with E-state index in [0.29, 0.717) is 5.88 Å². The van der Waals surface area contributed by atoms with Crippen LogP contribution in [0, 0.1) is 0 Å². The zero-order valence-electron chi connectivity index (χ0n) is 6.89. The molecule has 1 aromatic carbocycles. The summed E-state index contributed by atoms with van der Waals surface area (Å²) in [6.45, 7) is 0. The number of nitrogens with zero attached hydrogens (tertiary/aromatic N) is 3. The maximum absolute atomic E-state index is 5.72. The molecule has 0 unspecified atom stereocenters. The van der Waals surface area contributed by atoms with Gasteiger partial charge in [-0.1, -0.05) is 12.1 Å². The van der Waals surface area contributed by atoms with Gasteiger partial charge in [-0.15, -0.1) is 21.8 Å². The van der Waals surface area contributed by atoms with Crippen molar-refractivity contribution in [1.82, 2.24) is 14.8 Å². The predicted molar refractivity (Wildman–Crippen MR) is 50.9 cm³/mol. The van der Waals surface area contributed by atoms with Gasteiger partial charge in [0.05, 0.1) is 0 Å².